The van der Waals surface area contributed by atoms with Crippen LogP contribution in [-0.4, -0.2) is 40.3 Å². The van der Waals surface area contributed by atoms with Gasteiger partial charge < -0.3 is 9.47 Å². The summed E-state index contributed by atoms with van der Waals surface area (Å²) in [6.45, 7) is 1.95. The Balaban J connectivity index is 1.85. The van der Waals surface area contributed by atoms with Crippen LogP contribution >= 0.6 is 0 Å². The van der Waals surface area contributed by atoms with Crippen molar-refractivity contribution in [3.05, 3.63) is 71.3 Å². The van der Waals surface area contributed by atoms with E-state index >= 15 is 0 Å². The van der Waals surface area contributed by atoms with Gasteiger partial charge in [0.25, 0.3) is 0 Å². The molecule has 0 N–H and O–H groups in total. The van der Waals surface area contributed by atoms with Crippen molar-refractivity contribution in [3.63, 3.8) is 0 Å². The van der Waals surface area contributed by atoms with Crippen molar-refractivity contribution in [3.8, 4) is 5.75 Å². The van der Waals surface area contributed by atoms with Crippen LogP contribution in [0, 0.1) is 18.8 Å². The molecular formula is C25H24O5S. The summed E-state index contributed by atoms with van der Waals surface area (Å²) < 4.78 is 24.3. The molecule has 2 aromatic carbocycles. The molecule has 160 valence electrons. The largest absolute Gasteiger partial charge is 0.496 e. The first kappa shape index (κ1) is 20.3. The monoisotopic (exact) mass is 436 g/mol. The Morgan fingerprint density at radius 3 is 2.42 bits per heavy atom. The number of fused-ring (bicyclic) bond motifs is 2. The molecule has 0 heterocycles. The summed E-state index contributed by atoms with van der Waals surface area (Å²) in [6, 6.07) is 12.4. The Labute approximate surface area is 183 Å². The van der Waals surface area contributed by atoms with E-state index in [2.05, 4.69) is 0 Å². The van der Waals surface area contributed by atoms with E-state index in [0.717, 1.165) is 5.56 Å². The number of hydrogen-bond donors (Lipinski definition) is 0. The highest BCUT2D eigenvalue weighted by Gasteiger charge is 2.73. The van der Waals surface area contributed by atoms with Gasteiger partial charge in [-0.05, 0) is 43.9 Å². The fourth-order valence-corrected chi connectivity index (χ4v) is 7.83. The standard InChI is InChI=1S/C25H24O5S/c1-15-7-9-17(10-8-15)31(28)25-21(16-11-13-24(25,30-3)14-12-16)22(26)18-5-4-6-19(29-2)20(18)23(25)27/h4-11,13,16,21H,12,14H2,1-3H3/t16-,21+,24+,25-,31?/m1/s1. The molecule has 0 aromatic heterocycles. The van der Waals surface area contributed by atoms with E-state index in [1.807, 2.05) is 31.2 Å². The van der Waals surface area contributed by atoms with Crippen molar-refractivity contribution in [2.24, 2.45) is 11.8 Å². The molecule has 0 aliphatic heterocycles. The highest BCUT2D eigenvalue weighted by atomic mass is 32.2. The zero-order valence-electron chi connectivity index (χ0n) is 17.7. The van der Waals surface area contributed by atoms with Crippen LogP contribution in [0.5, 0.6) is 5.75 Å². The van der Waals surface area contributed by atoms with Gasteiger partial charge in [-0.3, -0.25) is 13.8 Å². The second-order valence-electron chi connectivity index (χ2n) is 8.53. The van der Waals surface area contributed by atoms with Crippen molar-refractivity contribution in [2.75, 3.05) is 14.2 Å². The van der Waals surface area contributed by atoms with Gasteiger partial charge in [0.15, 0.2) is 16.3 Å². The van der Waals surface area contributed by atoms with Crippen molar-refractivity contribution in [1.29, 1.82) is 0 Å². The van der Waals surface area contributed by atoms with E-state index in [0.29, 0.717) is 29.1 Å². The van der Waals surface area contributed by atoms with E-state index < -0.39 is 27.1 Å². The molecule has 4 aliphatic rings. The molecule has 0 radical (unpaired) electrons. The van der Waals surface area contributed by atoms with Crippen LogP contribution in [0.25, 0.3) is 0 Å². The maximum absolute atomic E-state index is 14.4. The van der Waals surface area contributed by atoms with Gasteiger partial charge in [0.1, 0.15) is 11.4 Å². The van der Waals surface area contributed by atoms with E-state index in [1.165, 1.54) is 14.2 Å². The second kappa shape index (κ2) is 6.97. The summed E-state index contributed by atoms with van der Waals surface area (Å²) in [6.07, 6.45) is 5.08. The fraction of sp³-hybridized carbons (Fsp3) is 0.360. The molecule has 0 spiro atoms. The van der Waals surface area contributed by atoms with E-state index in [-0.39, 0.29) is 23.0 Å². The van der Waals surface area contributed by atoms with E-state index in [9.17, 15) is 13.8 Å². The topological polar surface area (TPSA) is 69.7 Å². The normalized spacial score (nSPS) is 31.8. The molecule has 5 atom stereocenters. The Morgan fingerprint density at radius 2 is 1.81 bits per heavy atom. The highest BCUT2D eigenvalue weighted by molar-refractivity contribution is 7.87. The molecule has 2 aromatic rings. The minimum absolute atomic E-state index is 0.163. The molecule has 2 bridgehead atoms. The molecule has 31 heavy (non-hydrogen) atoms. The van der Waals surface area contributed by atoms with E-state index in [1.54, 1.807) is 30.3 Å². The van der Waals surface area contributed by atoms with Crippen LogP contribution in [0.2, 0.25) is 0 Å². The molecule has 5 nitrogen and oxygen atoms in total. The summed E-state index contributed by atoms with van der Waals surface area (Å²) in [4.78, 5) is 28.8. The van der Waals surface area contributed by atoms with Gasteiger partial charge >= 0.3 is 0 Å². The van der Waals surface area contributed by atoms with Crippen molar-refractivity contribution in [1.82, 2.24) is 0 Å². The minimum Gasteiger partial charge on any atom is -0.496 e. The summed E-state index contributed by atoms with van der Waals surface area (Å²) in [5.41, 5.74) is 0.453. The third kappa shape index (κ3) is 2.43. The lowest BCUT2D eigenvalue weighted by molar-refractivity contribution is -0.0558. The molecule has 0 saturated heterocycles. The number of hydrogen-bond acceptors (Lipinski definition) is 5. The average Bonchev–Trinajstić information content (AvgIpc) is 2.82. The van der Waals surface area contributed by atoms with Crippen LogP contribution in [0.15, 0.2) is 59.5 Å². The smallest absolute Gasteiger partial charge is 0.190 e. The second-order valence-corrected chi connectivity index (χ2v) is 10.2. The molecule has 6 heteroatoms. The molecule has 0 amide bonds. The average molecular weight is 437 g/mol. The van der Waals surface area contributed by atoms with Gasteiger partial charge in [-0.15, -0.1) is 0 Å². The number of aryl methyl sites for hydroxylation is 1. The first-order chi connectivity index (χ1) is 14.9. The number of Topliss-reactive ketones (excluding diaryl/α,β-unsaturated/α-hetero) is 2. The van der Waals surface area contributed by atoms with Crippen molar-refractivity contribution >= 4 is 22.4 Å². The third-order valence-electron chi connectivity index (χ3n) is 7.21. The first-order valence-electron chi connectivity index (χ1n) is 10.4. The van der Waals surface area contributed by atoms with Gasteiger partial charge in [0.2, 0.25) is 0 Å². The SMILES string of the molecule is COc1cccc2c1C(=O)[C@]1(S(=O)c3ccc(C)cc3)[C@H](C2=O)[C@@H]2C=C[C@]1(OC)CC2. The molecular weight excluding hydrogens is 412 g/mol. The summed E-state index contributed by atoms with van der Waals surface area (Å²) in [5.74, 6) is -1.09. The maximum atomic E-state index is 14.4. The fourth-order valence-electron chi connectivity index (χ4n) is 5.72. The predicted molar refractivity (Wildman–Crippen MR) is 117 cm³/mol. The zero-order valence-corrected chi connectivity index (χ0v) is 18.5. The highest BCUT2D eigenvalue weighted by Crippen LogP contribution is 2.60. The molecule has 1 unspecified atom stereocenters. The van der Waals surface area contributed by atoms with Gasteiger partial charge in [0.05, 0.1) is 29.4 Å². The number of benzene rings is 2. The number of ketones is 2. The van der Waals surface area contributed by atoms with Gasteiger partial charge in [-0.25, -0.2) is 0 Å². The van der Waals surface area contributed by atoms with Gasteiger partial charge in [-0.2, -0.15) is 0 Å². The molecule has 6 rings (SSSR count). The van der Waals surface area contributed by atoms with Crippen molar-refractivity contribution in [2.45, 2.75) is 35.0 Å². The lowest BCUT2D eigenvalue weighted by Gasteiger charge is -2.59. The number of ether oxygens (including phenoxy) is 2. The van der Waals surface area contributed by atoms with E-state index in [4.69, 9.17) is 9.47 Å². The van der Waals surface area contributed by atoms with Crippen molar-refractivity contribution < 1.29 is 23.3 Å². The van der Waals surface area contributed by atoms with Crippen LogP contribution in [0.3, 0.4) is 0 Å². The predicted octanol–water partition coefficient (Wildman–Crippen LogP) is 3.91. The zero-order chi connectivity index (χ0) is 22.0. The maximum Gasteiger partial charge on any atom is 0.190 e. The Bertz CT molecular complexity index is 1150. The molecule has 1 fully saturated rings. The number of rotatable bonds is 4. The number of carbonyl (C=O) groups excluding carboxylic acids is 2. The number of methoxy groups -OCH3 is 2. The number of allylic oxidation sites excluding steroid dienone is 1. The summed E-state index contributed by atoms with van der Waals surface area (Å²) in [7, 11) is 1.19. The summed E-state index contributed by atoms with van der Waals surface area (Å²) in [5, 5.41) is 0. The van der Waals surface area contributed by atoms with Gasteiger partial charge in [0, 0.05) is 17.6 Å². The molecule has 1 saturated carbocycles. The van der Waals surface area contributed by atoms with Crippen LogP contribution in [0.4, 0.5) is 0 Å². The lowest BCUT2D eigenvalue weighted by atomic mass is 9.53. The number of carbonyl (C=O) groups is 2. The first-order valence-corrected chi connectivity index (χ1v) is 11.6. The summed E-state index contributed by atoms with van der Waals surface area (Å²) >= 11 is 0. The molecule has 4 aliphatic carbocycles. The van der Waals surface area contributed by atoms with Crippen LogP contribution < -0.4 is 4.74 Å². The quantitative estimate of drug-likeness (QED) is 0.680. The van der Waals surface area contributed by atoms with Crippen LogP contribution in [-0.2, 0) is 15.5 Å². The third-order valence-corrected chi connectivity index (χ3v) is 9.28. The minimum atomic E-state index is -1.82. The van der Waals surface area contributed by atoms with Gasteiger partial charge in [-0.1, -0.05) is 42.0 Å². The Kier molecular flexibility index (Phi) is 4.57. The Hall–Kier alpha value is -2.57. The Morgan fingerprint density at radius 1 is 1.06 bits per heavy atom. The lowest BCUT2D eigenvalue weighted by Crippen LogP contribution is -2.74. The van der Waals surface area contributed by atoms with Crippen LogP contribution in [0.1, 0.15) is 39.1 Å².